The Morgan fingerprint density at radius 2 is 1.83 bits per heavy atom. The van der Waals surface area contributed by atoms with Crippen LogP contribution in [0.1, 0.15) is 12.8 Å². The Kier molecular flexibility index (Phi) is 5.56. The maximum Gasteiger partial charge on any atom is 0.267 e. The van der Waals surface area contributed by atoms with E-state index in [1.54, 1.807) is 13.2 Å². The molecule has 4 rings (SSSR count). The van der Waals surface area contributed by atoms with Gasteiger partial charge in [0, 0.05) is 17.2 Å². The Morgan fingerprint density at radius 1 is 1.03 bits per heavy atom. The van der Waals surface area contributed by atoms with Crippen LogP contribution in [0.15, 0.2) is 70.0 Å². The average Bonchev–Trinajstić information content (AvgIpc) is 3.24. The van der Waals surface area contributed by atoms with Gasteiger partial charge in [-0.05, 0) is 49.4 Å². The SMILES string of the molecule is CCOc1ccc(-c2noc(Cn3nc(-c4ccccc4OC)ccc3=O)n2)cc1. The molecule has 0 bridgehead atoms. The van der Waals surface area contributed by atoms with Crippen molar-refractivity contribution in [1.82, 2.24) is 19.9 Å². The van der Waals surface area contributed by atoms with Gasteiger partial charge in [0.15, 0.2) is 0 Å². The van der Waals surface area contributed by atoms with Crippen molar-refractivity contribution in [2.75, 3.05) is 13.7 Å². The number of nitrogens with zero attached hydrogens (tertiary/aromatic N) is 4. The van der Waals surface area contributed by atoms with Gasteiger partial charge in [-0.1, -0.05) is 17.3 Å². The van der Waals surface area contributed by atoms with Crippen molar-refractivity contribution >= 4 is 0 Å². The summed E-state index contributed by atoms with van der Waals surface area (Å²) in [7, 11) is 1.59. The van der Waals surface area contributed by atoms with Crippen molar-refractivity contribution in [3.8, 4) is 34.1 Å². The fourth-order valence-electron chi connectivity index (χ4n) is 2.99. The molecule has 2 aromatic heterocycles. The molecule has 4 aromatic rings. The molecular weight excluding hydrogens is 384 g/mol. The van der Waals surface area contributed by atoms with Gasteiger partial charge in [0.2, 0.25) is 11.7 Å². The van der Waals surface area contributed by atoms with Crippen molar-refractivity contribution in [1.29, 1.82) is 0 Å². The molecule has 0 radical (unpaired) electrons. The normalized spacial score (nSPS) is 10.7. The second-order valence-corrected chi connectivity index (χ2v) is 6.38. The summed E-state index contributed by atoms with van der Waals surface area (Å²) >= 11 is 0. The van der Waals surface area contributed by atoms with E-state index < -0.39 is 0 Å². The van der Waals surface area contributed by atoms with Crippen LogP contribution in [0.3, 0.4) is 0 Å². The van der Waals surface area contributed by atoms with Gasteiger partial charge in [-0.3, -0.25) is 4.79 Å². The molecule has 0 saturated carbocycles. The Labute approximate surface area is 172 Å². The first-order valence-electron chi connectivity index (χ1n) is 9.45. The van der Waals surface area contributed by atoms with E-state index in [0.717, 1.165) is 16.9 Å². The minimum atomic E-state index is -0.269. The van der Waals surface area contributed by atoms with Gasteiger partial charge in [-0.2, -0.15) is 10.1 Å². The predicted molar refractivity (Wildman–Crippen MR) is 110 cm³/mol. The molecule has 0 saturated heterocycles. The molecule has 30 heavy (non-hydrogen) atoms. The van der Waals surface area contributed by atoms with E-state index in [1.165, 1.54) is 10.7 Å². The zero-order valence-electron chi connectivity index (χ0n) is 16.6. The molecule has 0 amide bonds. The summed E-state index contributed by atoms with van der Waals surface area (Å²) < 4.78 is 17.4. The van der Waals surface area contributed by atoms with Crippen LogP contribution in [0, 0.1) is 0 Å². The van der Waals surface area contributed by atoms with E-state index in [-0.39, 0.29) is 18.0 Å². The van der Waals surface area contributed by atoms with Gasteiger partial charge < -0.3 is 14.0 Å². The Morgan fingerprint density at radius 3 is 2.60 bits per heavy atom. The van der Waals surface area contributed by atoms with Crippen molar-refractivity contribution in [2.45, 2.75) is 13.5 Å². The predicted octanol–water partition coefficient (Wildman–Crippen LogP) is 3.42. The minimum absolute atomic E-state index is 0.0614. The highest BCUT2D eigenvalue weighted by atomic mass is 16.5. The molecule has 2 heterocycles. The van der Waals surface area contributed by atoms with Crippen LogP contribution in [0.4, 0.5) is 0 Å². The molecule has 0 spiro atoms. The van der Waals surface area contributed by atoms with Crippen LogP contribution in [-0.4, -0.2) is 33.6 Å². The maximum absolute atomic E-state index is 12.3. The van der Waals surface area contributed by atoms with Crippen molar-refractivity contribution in [3.05, 3.63) is 76.9 Å². The van der Waals surface area contributed by atoms with Crippen LogP contribution in [-0.2, 0) is 6.54 Å². The summed E-state index contributed by atoms with van der Waals surface area (Å²) in [5.74, 6) is 2.16. The van der Waals surface area contributed by atoms with Crippen molar-refractivity contribution in [3.63, 3.8) is 0 Å². The van der Waals surface area contributed by atoms with Crippen molar-refractivity contribution < 1.29 is 14.0 Å². The van der Waals surface area contributed by atoms with E-state index in [0.29, 0.717) is 23.9 Å². The standard InChI is InChI=1S/C22H20N4O4/c1-3-29-16-10-8-15(9-11-16)22-23-20(30-25-22)14-26-21(27)13-12-18(24-26)17-6-4-5-7-19(17)28-2/h4-13H,3,14H2,1-2H3. The second kappa shape index (κ2) is 8.60. The van der Waals surface area contributed by atoms with Crippen LogP contribution in [0.2, 0.25) is 0 Å². The minimum Gasteiger partial charge on any atom is -0.496 e. The van der Waals surface area contributed by atoms with Gasteiger partial charge in [0.05, 0.1) is 19.4 Å². The lowest BCUT2D eigenvalue weighted by Crippen LogP contribution is -2.23. The quantitative estimate of drug-likeness (QED) is 0.466. The monoisotopic (exact) mass is 404 g/mol. The zero-order chi connectivity index (χ0) is 20.9. The van der Waals surface area contributed by atoms with Crippen LogP contribution >= 0.6 is 0 Å². The summed E-state index contributed by atoms with van der Waals surface area (Å²) in [6.07, 6.45) is 0. The van der Waals surface area contributed by atoms with E-state index in [9.17, 15) is 4.79 Å². The first-order valence-corrected chi connectivity index (χ1v) is 9.45. The fourth-order valence-corrected chi connectivity index (χ4v) is 2.99. The molecule has 152 valence electrons. The maximum atomic E-state index is 12.3. The van der Waals surface area contributed by atoms with Crippen LogP contribution in [0.5, 0.6) is 11.5 Å². The number of hydrogen-bond donors (Lipinski definition) is 0. The van der Waals surface area contributed by atoms with E-state index in [4.69, 9.17) is 14.0 Å². The number of para-hydroxylation sites is 1. The summed E-state index contributed by atoms with van der Waals surface area (Å²) in [4.78, 5) is 16.7. The second-order valence-electron chi connectivity index (χ2n) is 6.38. The molecule has 0 aliphatic rings. The summed E-state index contributed by atoms with van der Waals surface area (Å²) in [5, 5.41) is 8.45. The summed E-state index contributed by atoms with van der Waals surface area (Å²) in [6, 6.07) is 18.0. The van der Waals surface area contributed by atoms with Gasteiger partial charge >= 0.3 is 0 Å². The summed E-state index contributed by atoms with van der Waals surface area (Å²) in [5.41, 5.74) is 1.92. The lowest BCUT2D eigenvalue weighted by atomic mass is 10.1. The zero-order valence-corrected chi connectivity index (χ0v) is 16.6. The van der Waals surface area contributed by atoms with Crippen LogP contribution in [0.25, 0.3) is 22.6 Å². The average molecular weight is 404 g/mol. The topological polar surface area (TPSA) is 92.3 Å². The number of hydrogen-bond acceptors (Lipinski definition) is 7. The van der Waals surface area contributed by atoms with Crippen LogP contribution < -0.4 is 15.0 Å². The Hall–Kier alpha value is -3.94. The molecule has 8 heteroatoms. The third kappa shape index (κ3) is 4.07. The van der Waals surface area contributed by atoms with Gasteiger partial charge in [0.25, 0.3) is 5.56 Å². The van der Waals surface area contributed by atoms with E-state index in [1.807, 2.05) is 55.5 Å². The lowest BCUT2D eigenvalue weighted by molar-refractivity contribution is 0.340. The first kappa shape index (κ1) is 19.4. The van der Waals surface area contributed by atoms with E-state index in [2.05, 4.69) is 15.2 Å². The Bertz CT molecular complexity index is 1200. The molecule has 0 aliphatic heterocycles. The van der Waals surface area contributed by atoms with E-state index >= 15 is 0 Å². The smallest absolute Gasteiger partial charge is 0.267 e. The molecule has 0 unspecified atom stereocenters. The third-order valence-electron chi connectivity index (χ3n) is 4.43. The van der Waals surface area contributed by atoms with Crippen molar-refractivity contribution in [2.24, 2.45) is 0 Å². The van der Waals surface area contributed by atoms with Gasteiger partial charge in [0.1, 0.15) is 18.0 Å². The number of aromatic nitrogens is 4. The molecular formula is C22H20N4O4. The lowest BCUT2D eigenvalue weighted by Gasteiger charge is -2.09. The molecule has 0 atom stereocenters. The molecule has 2 aromatic carbocycles. The largest absolute Gasteiger partial charge is 0.496 e. The molecule has 0 aliphatic carbocycles. The van der Waals surface area contributed by atoms with Gasteiger partial charge in [-0.15, -0.1) is 0 Å². The highest BCUT2D eigenvalue weighted by Crippen LogP contribution is 2.27. The number of methoxy groups -OCH3 is 1. The highest BCUT2D eigenvalue weighted by Gasteiger charge is 2.13. The number of benzene rings is 2. The third-order valence-corrected chi connectivity index (χ3v) is 4.43. The molecule has 0 fully saturated rings. The molecule has 0 N–H and O–H groups in total. The van der Waals surface area contributed by atoms with Gasteiger partial charge in [-0.25, -0.2) is 4.68 Å². The summed E-state index contributed by atoms with van der Waals surface area (Å²) in [6.45, 7) is 2.59. The fraction of sp³-hybridized carbons (Fsp3) is 0.182. The Balaban J connectivity index is 1.58. The number of ether oxygens (including phenoxy) is 2. The molecule has 8 nitrogen and oxygen atoms in total. The highest BCUT2D eigenvalue weighted by molar-refractivity contribution is 5.66. The number of rotatable bonds is 7. The first-order chi connectivity index (χ1) is 14.7.